The second-order valence-electron chi connectivity index (χ2n) is 6.44. The summed E-state index contributed by atoms with van der Waals surface area (Å²) in [5, 5.41) is 4.13. The van der Waals surface area contributed by atoms with Crippen molar-refractivity contribution < 1.29 is 14.0 Å². The van der Waals surface area contributed by atoms with E-state index in [1.165, 1.54) is 0 Å². The van der Waals surface area contributed by atoms with Gasteiger partial charge in [0.1, 0.15) is 12.2 Å². The van der Waals surface area contributed by atoms with Crippen LogP contribution < -0.4 is 5.73 Å². The average Bonchev–Trinajstić information content (AvgIpc) is 2.91. The van der Waals surface area contributed by atoms with E-state index in [1.54, 1.807) is 0 Å². The Bertz CT molecular complexity index is 435. The minimum Gasteiger partial charge on any atom is -0.370 e. The summed E-state index contributed by atoms with van der Waals surface area (Å²) in [5.41, 5.74) is 5.34. The highest BCUT2D eigenvalue weighted by molar-refractivity contribution is 5.05. The minimum absolute atomic E-state index is 0.303. The number of nitrogens with zero attached hydrogens (tertiary/aromatic N) is 2. The van der Waals surface area contributed by atoms with Crippen LogP contribution in [0.1, 0.15) is 58.2 Å². The van der Waals surface area contributed by atoms with Crippen LogP contribution in [0, 0.1) is 5.41 Å². The molecule has 0 unspecified atom stereocenters. The highest BCUT2D eigenvalue weighted by Crippen LogP contribution is 2.46. The molecule has 6 nitrogen and oxygen atoms in total. The van der Waals surface area contributed by atoms with E-state index >= 15 is 0 Å². The van der Waals surface area contributed by atoms with Crippen LogP contribution in [0.5, 0.6) is 0 Å². The minimum atomic E-state index is -0.403. The number of hydrogen-bond acceptors (Lipinski definition) is 6. The molecule has 1 aromatic heterocycles. The van der Waals surface area contributed by atoms with Gasteiger partial charge < -0.3 is 19.7 Å². The maximum absolute atomic E-state index is 6.04. The van der Waals surface area contributed by atoms with Crippen LogP contribution in [0.15, 0.2) is 4.52 Å². The van der Waals surface area contributed by atoms with Gasteiger partial charge in [-0.05, 0) is 38.0 Å². The lowest BCUT2D eigenvalue weighted by molar-refractivity contribution is -0.0957. The standard InChI is InChI=1S/C15H27N3O3/c1-4-20-15(7-5-14(2,3)6-8-15)13-17-12(21-18-13)11-19-10-9-16/h4-11,16H2,1-3H3. The molecular formula is C15H27N3O3. The van der Waals surface area contributed by atoms with Crippen LogP contribution in [0.4, 0.5) is 0 Å². The molecular weight excluding hydrogens is 270 g/mol. The maximum atomic E-state index is 6.04. The van der Waals surface area contributed by atoms with Gasteiger partial charge in [0, 0.05) is 13.2 Å². The topological polar surface area (TPSA) is 83.4 Å². The van der Waals surface area contributed by atoms with Gasteiger partial charge in [0.05, 0.1) is 6.61 Å². The normalized spacial score (nSPS) is 20.6. The lowest BCUT2D eigenvalue weighted by atomic mass is 9.70. The van der Waals surface area contributed by atoms with Crippen molar-refractivity contribution in [3.8, 4) is 0 Å². The van der Waals surface area contributed by atoms with Crippen molar-refractivity contribution >= 4 is 0 Å². The third-order valence-electron chi connectivity index (χ3n) is 4.20. The van der Waals surface area contributed by atoms with E-state index in [0.717, 1.165) is 25.7 Å². The summed E-state index contributed by atoms with van der Waals surface area (Å²) >= 11 is 0. The van der Waals surface area contributed by atoms with Gasteiger partial charge in [-0.1, -0.05) is 19.0 Å². The molecule has 1 fully saturated rings. The molecule has 2 N–H and O–H groups in total. The Morgan fingerprint density at radius 2 is 1.95 bits per heavy atom. The molecule has 1 saturated carbocycles. The smallest absolute Gasteiger partial charge is 0.252 e. The Kier molecular flexibility index (Phi) is 5.35. The first-order valence-corrected chi connectivity index (χ1v) is 7.76. The highest BCUT2D eigenvalue weighted by atomic mass is 16.5. The molecule has 0 atom stereocenters. The van der Waals surface area contributed by atoms with Crippen molar-refractivity contribution in [2.24, 2.45) is 11.1 Å². The Morgan fingerprint density at radius 3 is 2.57 bits per heavy atom. The quantitative estimate of drug-likeness (QED) is 0.778. The molecule has 0 amide bonds. The number of ether oxygens (including phenoxy) is 2. The van der Waals surface area contributed by atoms with E-state index in [-0.39, 0.29) is 0 Å². The number of rotatable bonds is 7. The van der Waals surface area contributed by atoms with E-state index in [4.69, 9.17) is 19.7 Å². The molecule has 21 heavy (non-hydrogen) atoms. The molecule has 0 bridgehead atoms. The van der Waals surface area contributed by atoms with Crippen molar-refractivity contribution in [1.29, 1.82) is 0 Å². The molecule has 1 aliphatic rings. The van der Waals surface area contributed by atoms with E-state index in [2.05, 4.69) is 24.0 Å². The van der Waals surface area contributed by atoms with Crippen molar-refractivity contribution in [3.05, 3.63) is 11.7 Å². The Labute approximate surface area is 126 Å². The Hall–Kier alpha value is -0.980. The third-order valence-corrected chi connectivity index (χ3v) is 4.20. The van der Waals surface area contributed by atoms with Crippen LogP contribution in [-0.2, 0) is 21.7 Å². The molecule has 1 aliphatic carbocycles. The summed E-state index contributed by atoms with van der Waals surface area (Å²) in [4.78, 5) is 4.48. The summed E-state index contributed by atoms with van der Waals surface area (Å²) in [6, 6.07) is 0. The molecule has 120 valence electrons. The van der Waals surface area contributed by atoms with Crippen molar-refractivity contribution in [2.45, 2.75) is 58.7 Å². The first kappa shape index (κ1) is 16.4. The van der Waals surface area contributed by atoms with E-state index < -0.39 is 5.60 Å². The zero-order chi connectivity index (χ0) is 15.3. The summed E-state index contributed by atoms with van der Waals surface area (Å²) in [5.74, 6) is 1.15. The van der Waals surface area contributed by atoms with Crippen LogP contribution in [0.2, 0.25) is 0 Å². The van der Waals surface area contributed by atoms with Gasteiger partial charge in [0.15, 0.2) is 0 Å². The summed E-state index contributed by atoms with van der Waals surface area (Å²) in [6.07, 6.45) is 4.05. The number of aromatic nitrogens is 2. The molecule has 6 heteroatoms. The Morgan fingerprint density at radius 1 is 1.24 bits per heavy atom. The first-order chi connectivity index (χ1) is 10.0. The molecule has 0 radical (unpaired) electrons. The lowest BCUT2D eigenvalue weighted by Crippen LogP contribution is -2.38. The zero-order valence-corrected chi connectivity index (χ0v) is 13.4. The zero-order valence-electron chi connectivity index (χ0n) is 13.4. The fraction of sp³-hybridized carbons (Fsp3) is 0.867. The average molecular weight is 297 g/mol. The molecule has 1 aromatic rings. The lowest BCUT2D eigenvalue weighted by Gasteiger charge is -2.41. The third kappa shape index (κ3) is 4.02. The molecule has 1 heterocycles. The number of nitrogens with two attached hydrogens (primary N) is 1. The molecule has 0 aliphatic heterocycles. The predicted molar refractivity (Wildman–Crippen MR) is 78.6 cm³/mol. The van der Waals surface area contributed by atoms with Crippen LogP contribution in [-0.4, -0.2) is 29.9 Å². The molecule has 2 rings (SSSR count). The number of hydrogen-bond donors (Lipinski definition) is 1. The van der Waals surface area contributed by atoms with Crippen molar-refractivity contribution in [1.82, 2.24) is 10.1 Å². The summed E-state index contributed by atoms with van der Waals surface area (Å²) in [7, 11) is 0. The van der Waals surface area contributed by atoms with E-state index in [1.807, 2.05) is 6.92 Å². The van der Waals surface area contributed by atoms with E-state index in [9.17, 15) is 0 Å². The second-order valence-corrected chi connectivity index (χ2v) is 6.44. The van der Waals surface area contributed by atoms with Crippen LogP contribution in [0.25, 0.3) is 0 Å². The largest absolute Gasteiger partial charge is 0.370 e. The summed E-state index contributed by atoms with van der Waals surface area (Å²) < 4.78 is 16.7. The highest BCUT2D eigenvalue weighted by Gasteiger charge is 2.43. The molecule has 0 spiro atoms. The van der Waals surface area contributed by atoms with Crippen molar-refractivity contribution in [2.75, 3.05) is 19.8 Å². The fourth-order valence-corrected chi connectivity index (χ4v) is 2.78. The van der Waals surface area contributed by atoms with Crippen LogP contribution in [0.3, 0.4) is 0 Å². The molecule has 0 saturated heterocycles. The van der Waals surface area contributed by atoms with Gasteiger partial charge >= 0.3 is 0 Å². The van der Waals surface area contributed by atoms with Gasteiger partial charge in [0.25, 0.3) is 5.89 Å². The van der Waals surface area contributed by atoms with Gasteiger partial charge in [-0.15, -0.1) is 0 Å². The predicted octanol–water partition coefficient (Wildman–Crippen LogP) is 2.38. The van der Waals surface area contributed by atoms with Gasteiger partial charge in [-0.2, -0.15) is 4.98 Å². The van der Waals surface area contributed by atoms with Crippen molar-refractivity contribution in [3.63, 3.8) is 0 Å². The first-order valence-electron chi connectivity index (χ1n) is 7.76. The van der Waals surface area contributed by atoms with Gasteiger partial charge in [-0.25, -0.2) is 0 Å². The Balaban J connectivity index is 2.08. The monoisotopic (exact) mass is 297 g/mol. The van der Waals surface area contributed by atoms with Gasteiger partial charge in [0.2, 0.25) is 5.82 Å². The van der Waals surface area contributed by atoms with E-state index in [0.29, 0.717) is 43.5 Å². The fourth-order valence-electron chi connectivity index (χ4n) is 2.78. The second kappa shape index (κ2) is 6.85. The van der Waals surface area contributed by atoms with Gasteiger partial charge in [-0.3, -0.25) is 0 Å². The summed E-state index contributed by atoms with van der Waals surface area (Å²) in [6.45, 7) is 8.52. The maximum Gasteiger partial charge on any atom is 0.252 e. The molecule has 0 aromatic carbocycles. The SMILES string of the molecule is CCOC1(c2noc(COCCN)n2)CCC(C)(C)CC1. The van der Waals surface area contributed by atoms with Crippen LogP contribution >= 0.6 is 0 Å².